The molecule has 138 valence electrons. The minimum absolute atomic E-state index is 0.385. The van der Waals surface area contributed by atoms with Crippen LogP contribution >= 0.6 is 22.6 Å². The summed E-state index contributed by atoms with van der Waals surface area (Å²) in [5, 5.41) is 0. The monoisotopic (exact) mass is 471 g/mol. The smallest absolute Gasteiger partial charge is 0.328 e. The fourth-order valence-electron chi connectivity index (χ4n) is 3.83. The lowest BCUT2D eigenvalue weighted by Crippen LogP contribution is -2.66. The van der Waals surface area contributed by atoms with Crippen LogP contribution in [0.25, 0.3) is 0 Å². The van der Waals surface area contributed by atoms with Crippen molar-refractivity contribution >= 4 is 28.6 Å². The fraction of sp³-hybridized carbons (Fsp3) is 0.174. The molecule has 0 spiro atoms. The average Bonchev–Trinajstić information content (AvgIpc) is 2.75. The summed E-state index contributed by atoms with van der Waals surface area (Å²) in [6.07, 6.45) is 0. The number of ether oxygens (including phenoxy) is 1. The van der Waals surface area contributed by atoms with Crippen molar-refractivity contribution in [2.75, 3.05) is 11.5 Å². The van der Waals surface area contributed by atoms with E-state index in [-0.39, 0.29) is 0 Å². The zero-order valence-corrected chi connectivity index (χ0v) is 17.3. The molecule has 2 N–H and O–H groups in total. The number of carbonyl (C=O) groups is 1. The third kappa shape index (κ3) is 3.17. The molecule has 3 rings (SSSR count). The van der Waals surface area contributed by atoms with Gasteiger partial charge in [-0.2, -0.15) is 0 Å². The van der Waals surface area contributed by atoms with Crippen molar-refractivity contribution in [1.82, 2.24) is 0 Å². The van der Waals surface area contributed by atoms with Crippen molar-refractivity contribution in [3.63, 3.8) is 0 Å². The number of rotatable bonds is 6. The molecule has 0 heterocycles. The van der Waals surface area contributed by atoms with Gasteiger partial charge in [0.1, 0.15) is 5.54 Å². The Labute approximate surface area is 173 Å². The SMILES string of the molecule is COC(=O)C(N)(CI)C(c1ccccc1)(c1ccccc1)c1ccccc1. The van der Waals surface area contributed by atoms with E-state index in [2.05, 4.69) is 22.6 Å². The van der Waals surface area contributed by atoms with Gasteiger partial charge in [-0.15, -0.1) is 0 Å². The predicted molar refractivity (Wildman–Crippen MR) is 117 cm³/mol. The van der Waals surface area contributed by atoms with E-state index in [1.807, 2.05) is 91.0 Å². The molecule has 1 unspecified atom stereocenters. The van der Waals surface area contributed by atoms with E-state index in [1.54, 1.807) is 0 Å². The van der Waals surface area contributed by atoms with Crippen molar-refractivity contribution < 1.29 is 9.53 Å². The minimum Gasteiger partial charge on any atom is -0.468 e. The van der Waals surface area contributed by atoms with Crippen LogP contribution in [0.4, 0.5) is 0 Å². The molecule has 4 heteroatoms. The van der Waals surface area contributed by atoms with Crippen LogP contribution in [-0.2, 0) is 14.9 Å². The van der Waals surface area contributed by atoms with Crippen molar-refractivity contribution in [2.24, 2.45) is 5.73 Å². The highest BCUT2D eigenvalue weighted by Crippen LogP contribution is 2.47. The second kappa shape index (κ2) is 8.23. The zero-order chi connectivity index (χ0) is 19.3. The van der Waals surface area contributed by atoms with E-state index < -0.39 is 16.9 Å². The number of alkyl halides is 1. The summed E-state index contributed by atoms with van der Waals surface area (Å²) in [6, 6.07) is 29.9. The molecule has 0 aliphatic carbocycles. The van der Waals surface area contributed by atoms with Gasteiger partial charge in [0.05, 0.1) is 12.5 Å². The maximum atomic E-state index is 13.1. The molecule has 27 heavy (non-hydrogen) atoms. The van der Waals surface area contributed by atoms with E-state index >= 15 is 0 Å². The van der Waals surface area contributed by atoms with Crippen LogP contribution in [0.15, 0.2) is 91.0 Å². The van der Waals surface area contributed by atoms with Crippen LogP contribution in [0.1, 0.15) is 16.7 Å². The number of esters is 1. The van der Waals surface area contributed by atoms with Crippen LogP contribution in [0.2, 0.25) is 0 Å². The Balaban J connectivity index is 2.49. The van der Waals surface area contributed by atoms with Gasteiger partial charge in [-0.3, -0.25) is 0 Å². The highest BCUT2D eigenvalue weighted by atomic mass is 127. The summed E-state index contributed by atoms with van der Waals surface area (Å²) in [6.45, 7) is 0. The lowest BCUT2D eigenvalue weighted by Gasteiger charge is -2.47. The van der Waals surface area contributed by atoms with Crippen molar-refractivity contribution in [3.8, 4) is 0 Å². The molecule has 3 aromatic carbocycles. The second-order valence-electron chi connectivity index (χ2n) is 6.44. The summed E-state index contributed by atoms with van der Waals surface area (Å²) in [4.78, 5) is 13.1. The van der Waals surface area contributed by atoms with Gasteiger partial charge in [-0.1, -0.05) is 114 Å². The lowest BCUT2D eigenvalue weighted by atomic mass is 9.58. The number of hydrogen-bond acceptors (Lipinski definition) is 3. The van der Waals surface area contributed by atoms with E-state index in [0.29, 0.717) is 4.43 Å². The molecular formula is C23H22INO2. The molecule has 0 saturated carbocycles. The van der Waals surface area contributed by atoms with E-state index in [9.17, 15) is 4.79 Å². The van der Waals surface area contributed by atoms with Crippen LogP contribution in [-0.4, -0.2) is 23.0 Å². The third-order valence-corrected chi connectivity index (χ3v) is 6.25. The van der Waals surface area contributed by atoms with Gasteiger partial charge >= 0.3 is 5.97 Å². The highest BCUT2D eigenvalue weighted by Gasteiger charge is 2.57. The molecular weight excluding hydrogens is 449 g/mol. The Bertz CT molecular complexity index is 787. The lowest BCUT2D eigenvalue weighted by molar-refractivity contribution is -0.147. The molecule has 0 radical (unpaired) electrons. The number of hydrogen-bond donors (Lipinski definition) is 1. The van der Waals surface area contributed by atoms with Gasteiger partial charge in [0.2, 0.25) is 0 Å². The number of carbonyl (C=O) groups excluding carboxylic acids is 1. The average molecular weight is 471 g/mol. The summed E-state index contributed by atoms with van der Waals surface area (Å²) >= 11 is 2.18. The first kappa shape index (κ1) is 19.6. The van der Waals surface area contributed by atoms with Gasteiger partial charge in [-0.05, 0) is 16.7 Å². The quantitative estimate of drug-likeness (QED) is 0.252. The van der Waals surface area contributed by atoms with E-state index in [4.69, 9.17) is 10.5 Å². The fourth-order valence-corrected chi connectivity index (χ4v) is 4.71. The van der Waals surface area contributed by atoms with Gasteiger partial charge < -0.3 is 10.5 Å². The summed E-state index contributed by atoms with van der Waals surface area (Å²) in [5.74, 6) is -0.437. The number of halogens is 1. The predicted octanol–water partition coefficient (Wildman–Crippen LogP) is 4.33. The van der Waals surface area contributed by atoms with Crippen molar-refractivity contribution in [2.45, 2.75) is 11.0 Å². The first-order valence-corrected chi connectivity index (χ1v) is 10.2. The first-order valence-electron chi connectivity index (χ1n) is 8.71. The first-order chi connectivity index (χ1) is 13.1. The number of nitrogens with two attached hydrogens (primary N) is 1. The van der Waals surface area contributed by atoms with E-state index in [1.165, 1.54) is 7.11 Å². The molecule has 3 aromatic rings. The van der Waals surface area contributed by atoms with Crippen LogP contribution in [0.5, 0.6) is 0 Å². The third-order valence-electron chi connectivity index (χ3n) is 5.05. The van der Waals surface area contributed by atoms with Gasteiger partial charge in [0, 0.05) is 4.43 Å². The number of benzene rings is 3. The Morgan fingerprint density at radius 3 is 1.41 bits per heavy atom. The van der Waals surface area contributed by atoms with Crippen LogP contribution < -0.4 is 5.73 Å². The molecule has 1 atom stereocenters. The zero-order valence-electron chi connectivity index (χ0n) is 15.1. The minimum atomic E-state index is -1.30. The van der Waals surface area contributed by atoms with E-state index in [0.717, 1.165) is 16.7 Å². The normalized spacial score (nSPS) is 13.6. The Morgan fingerprint density at radius 2 is 1.15 bits per heavy atom. The summed E-state index contributed by atoms with van der Waals surface area (Å²) in [7, 11) is 1.39. The molecule has 0 bridgehead atoms. The standard InChI is InChI=1S/C23H22INO2/c1-27-21(26)22(25,17-24)23(18-11-5-2-6-12-18,19-13-7-3-8-14-19)20-15-9-4-10-16-20/h2-16H,17,25H2,1H3. The van der Waals surface area contributed by atoms with Crippen molar-refractivity contribution in [1.29, 1.82) is 0 Å². The van der Waals surface area contributed by atoms with Gasteiger partial charge in [0.25, 0.3) is 0 Å². The summed E-state index contributed by atoms with van der Waals surface area (Å²) in [5.41, 5.74) is 7.60. The highest BCUT2D eigenvalue weighted by molar-refractivity contribution is 14.1. The Morgan fingerprint density at radius 1 is 0.815 bits per heavy atom. The molecule has 0 fully saturated rings. The maximum Gasteiger partial charge on any atom is 0.328 e. The molecule has 0 aromatic heterocycles. The molecule has 0 saturated heterocycles. The van der Waals surface area contributed by atoms with Crippen LogP contribution in [0, 0.1) is 0 Å². The van der Waals surface area contributed by atoms with Crippen LogP contribution in [0.3, 0.4) is 0 Å². The molecule has 0 amide bonds. The topological polar surface area (TPSA) is 52.3 Å². The second-order valence-corrected chi connectivity index (χ2v) is 7.21. The molecule has 3 nitrogen and oxygen atoms in total. The maximum absolute atomic E-state index is 13.1. The van der Waals surface area contributed by atoms with Gasteiger partial charge in [0.15, 0.2) is 0 Å². The molecule has 0 aliphatic heterocycles. The van der Waals surface area contributed by atoms with Crippen molar-refractivity contribution in [3.05, 3.63) is 108 Å². The molecule has 0 aliphatic rings. The Kier molecular flexibility index (Phi) is 5.97. The Hall–Kier alpha value is -2.18. The number of methoxy groups -OCH3 is 1. The van der Waals surface area contributed by atoms with Gasteiger partial charge in [-0.25, -0.2) is 4.79 Å². The largest absolute Gasteiger partial charge is 0.468 e. The summed E-state index contributed by atoms with van der Waals surface area (Å²) < 4.78 is 5.59.